The molecule has 0 aliphatic heterocycles. The molecule has 0 aliphatic rings. The number of carboxylic acids is 1. The Labute approximate surface area is 126 Å². The molecule has 8 nitrogen and oxygen atoms in total. The third kappa shape index (κ3) is 3.16. The van der Waals surface area contributed by atoms with Gasteiger partial charge in [0, 0.05) is 23.9 Å². The summed E-state index contributed by atoms with van der Waals surface area (Å²) in [6, 6.07) is 0.487. The number of nitrogens with one attached hydrogen (secondary N) is 2. The van der Waals surface area contributed by atoms with Crippen molar-refractivity contribution < 1.29 is 14.7 Å². The molecular formula is C14H18N4O4. The number of aromatic nitrogens is 3. The smallest absolute Gasteiger partial charge is 0.325 e. The molecule has 118 valence electrons. The van der Waals surface area contributed by atoms with Crippen LogP contribution in [-0.2, 0) is 16.0 Å². The van der Waals surface area contributed by atoms with E-state index >= 15 is 0 Å². The summed E-state index contributed by atoms with van der Waals surface area (Å²) < 4.78 is 1.59. The van der Waals surface area contributed by atoms with Gasteiger partial charge in [-0.25, -0.2) is 9.50 Å². The van der Waals surface area contributed by atoms with Crippen LogP contribution in [0.15, 0.2) is 10.9 Å². The standard InChI is InChI=1S/C14H18N4O4/c1-7-10(4-5-12(19)16-8(2)14(21)22)9(3)18-11(15-7)6-13(20)17-18/h6,8H,4-5H2,1-3H3,(H,16,19)(H,17,20)(H,21,22). The van der Waals surface area contributed by atoms with Crippen LogP contribution in [0.4, 0.5) is 0 Å². The van der Waals surface area contributed by atoms with E-state index in [0.717, 1.165) is 17.0 Å². The van der Waals surface area contributed by atoms with E-state index in [9.17, 15) is 14.4 Å². The maximum Gasteiger partial charge on any atom is 0.325 e. The average molecular weight is 306 g/mol. The largest absolute Gasteiger partial charge is 0.480 e. The molecule has 2 rings (SSSR count). The van der Waals surface area contributed by atoms with Crippen LogP contribution in [0.25, 0.3) is 5.65 Å². The average Bonchev–Trinajstić information content (AvgIpc) is 2.78. The lowest BCUT2D eigenvalue weighted by Crippen LogP contribution is -2.38. The van der Waals surface area contributed by atoms with Crippen molar-refractivity contribution >= 4 is 17.5 Å². The Morgan fingerprint density at radius 3 is 2.77 bits per heavy atom. The number of carboxylic acid groups (broad SMARTS) is 1. The van der Waals surface area contributed by atoms with Gasteiger partial charge in [0.15, 0.2) is 5.65 Å². The maximum atomic E-state index is 11.8. The summed E-state index contributed by atoms with van der Waals surface area (Å²) in [5.74, 6) is -1.41. The van der Waals surface area contributed by atoms with Crippen LogP contribution in [0, 0.1) is 13.8 Å². The number of fused-ring (bicyclic) bond motifs is 1. The lowest BCUT2D eigenvalue weighted by molar-refractivity contribution is -0.141. The summed E-state index contributed by atoms with van der Waals surface area (Å²) in [4.78, 5) is 38.2. The van der Waals surface area contributed by atoms with Gasteiger partial charge < -0.3 is 10.4 Å². The number of aliphatic carboxylic acids is 1. The quantitative estimate of drug-likeness (QED) is 0.727. The normalized spacial score (nSPS) is 12.3. The van der Waals surface area contributed by atoms with Crippen LogP contribution >= 0.6 is 0 Å². The van der Waals surface area contributed by atoms with Gasteiger partial charge in [0.05, 0.1) is 0 Å². The van der Waals surface area contributed by atoms with Crippen molar-refractivity contribution in [2.45, 2.75) is 39.7 Å². The molecule has 0 aliphatic carbocycles. The molecule has 0 radical (unpaired) electrons. The van der Waals surface area contributed by atoms with Gasteiger partial charge in [0.25, 0.3) is 5.56 Å². The van der Waals surface area contributed by atoms with Crippen LogP contribution in [0.2, 0.25) is 0 Å². The van der Waals surface area contributed by atoms with Crippen molar-refractivity contribution in [1.82, 2.24) is 19.9 Å². The van der Waals surface area contributed by atoms with E-state index in [1.807, 2.05) is 13.8 Å². The van der Waals surface area contributed by atoms with Gasteiger partial charge in [-0.1, -0.05) is 0 Å². The number of aryl methyl sites for hydroxylation is 2. The molecule has 0 aromatic carbocycles. The molecule has 1 unspecified atom stereocenters. The second-order valence-electron chi connectivity index (χ2n) is 5.20. The Kier molecular flexibility index (Phi) is 4.30. The molecule has 0 saturated heterocycles. The fourth-order valence-electron chi connectivity index (χ4n) is 2.33. The molecule has 22 heavy (non-hydrogen) atoms. The molecule has 0 spiro atoms. The van der Waals surface area contributed by atoms with Gasteiger partial charge in [-0.3, -0.25) is 19.5 Å². The number of hydrogen-bond acceptors (Lipinski definition) is 4. The summed E-state index contributed by atoms with van der Waals surface area (Å²) in [5.41, 5.74) is 2.71. The summed E-state index contributed by atoms with van der Waals surface area (Å²) in [7, 11) is 0. The highest BCUT2D eigenvalue weighted by Crippen LogP contribution is 2.15. The molecule has 0 bridgehead atoms. The van der Waals surface area contributed by atoms with Gasteiger partial charge in [0.1, 0.15) is 6.04 Å². The zero-order chi connectivity index (χ0) is 16.4. The van der Waals surface area contributed by atoms with E-state index in [4.69, 9.17) is 5.11 Å². The number of rotatable bonds is 5. The number of H-pyrrole nitrogens is 1. The fraction of sp³-hybridized carbons (Fsp3) is 0.429. The highest BCUT2D eigenvalue weighted by molar-refractivity contribution is 5.83. The minimum absolute atomic E-state index is 0.151. The van der Waals surface area contributed by atoms with Crippen LogP contribution in [-0.4, -0.2) is 37.6 Å². The number of amides is 1. The first-order valence-electron chi connectivity index (χ1n) is 6.89. The molecule has 0 fully saturated rings. The van der Waals surface area contributed by atoms with E-state index in [2.05, 4.69) is 15.4 Å². The summed E-state index contributed by atoms with van der Waals surface area (Å²) >= 11 is 0. The third-order valence-corrected chi connectivity index (χ3v) is 3.55. The minimum atomic E-state index is -1.08. The Bertz CT molecular complexity index is 790. The Balaban J connectivity index is 2.16. The monoisotopic (exact) mass is 306 g/mol. The molecule has 1 atom stereocenters. The molecule has 2 aromatic heterocycles. The van der Waals surface area contributed by atoms with E-state index in [1.54, 1.807) is 4.52 Å². The summed E-state index contributed by atoms with van der Waals surface area (Å²) in [6.45, 7) is 5.07. The topological polar surface area (TPSA) is 117 Å². The van der Waals surface area contributed by atoms with Crippen molar-refractivity contribution in [1.29, 1.82) is 0 Å². The first-order valence-corrected chi connectivity index (χ1v) is 6.89. The van der Waals surface area contributed by atoms with Crippen molar-refractivity contribution in [3.05, 3.63) is 33.4 Å². The molecule has 3 N–H and O–H groups in total. The maximum absolute atomic E-state index is 11.8. The van der Waals surface area contributed by atoms with Crippen molar-refractivity contribution in [3.63, 3.8) is 0 Å². The van der Waals surface area contributed by atoms with Gasteiger partial charge in [-0.15, -0.1) is 0 Å². The molecule has 2 heterocycles. The van der Waals surface area contributed by atoms with Crippen molar-refractivity contribution in [2.75, 3.05) is 0 Å². The number of carbonyl (C=O) groups excluding carboxylic acids is 1. The van der Waals surface area contributed by atoms with Gasteiger partial charge in [0.2, 0.25) is 5.91 Å². The Hall–Kier alpha value is -2.64. The van der Waals surface area contributed by atoms with Crippen LogP contribution < -0.4 is 10.9 Å². The van der Waals surface area contributed by atoms with Gasteiger partial charge >= 0.3 is 5.97 Å². The molecular weight excluding hydrogens is 288 g/mol. The van der Waals surface area contributed by atoms with Crippen molar-refractivity contribution in [2.24, 2.45) is 0 Å². The molecule has 0 saturated carbocycles. The summed E-state index contributed by atoms with van der Waals surface area (Å²) in [6.07, 6.45) is 0.566. The molecule has 1 amide bonds. The van der Waals surface area contributed by atoms with Gasteiger partial charge in [-0.05, 0) is 32.8 Å². The van der Waals surface area contributed by atoms with Crippen LogP contribution in [0.3, 0.4) is 0 Å². The highest BCUT2D eigenvalue weighted by atomic mass is 16.4. The predicted molar refractivity (Wildman–Crippen MR) is 78.8 cm³/mol. The number of hydrogen-bond donors (Lipinski definition) is 3. The highest BCUT2D eigenvalue weighted by Gasteiger charge is 2.16. The third-order valence-electron chi connectivity index (χ3n) is 3.55. The van der Waals surface area contributed by atoms with Crippen LogP contribution in [0.1, 0.15) is 30.3 Å². The first-order chi connectivity index (χ1) is 10.3. The zero-order valence-corrected chi connectivity index (χ0v) is 12.6. The van der Waals surface area contributed by atoms with E-state index in [0.29, 0.717) is 12.1 Å². The fourth-order valence-corrected chi connectivity index (χ4v) is 2.33. The summed E-state index contributed by atoms with van der Waals surface area (Å²) in [5, 5.41) is 13.8. The second kappa shape index (κ2) is 6.00. The predicted octanol–water partition coefficient (Wildman–Crippen LogP) is 0.161. The first kappa shape index (κ1) is 15.7. The van der Waals surface area contributed by atoms with Gasteiger partial charge in [-0.2, -0.15) is 0 Å². The second-order valence-corrected chi connectivity index (χ2v) is 5.20. The Morgan fingerprint density at radius 1 is 1.45 bits per heavy atom. The lowest BCUT2D eigenvalue weighted by Gasteiger charge is -2.12. The molecule has 8 heteroatoms. The number of aromatic amines is 1. The number of carbonyl (C=O) groups is 2. The lowest BCUT2D eigenvalue weighted by atomic mass is 10.1. The number of nitrogens with zero attached hydrogens (tertiary/aromatic N) is 2. The van der Waals surface area contributed by atoms with E-state index in [1.165, 1.54) is 13.0 Å². The van der Waals surface area contributed by atoms with E-state index in [-0.39, 0.29) is 17.9 Å². The minimum Gasteiger partial charge on any atom is -0.480 e. The molecule has 2 aromatic rings. The van der Waals surface area contributed by atoms with E-state index < -0.39 is 12.0 Å². The van der Waals surface area contributed by atoms with Crippen molar-refractivity contribution in [3.8, 4) is 0 Å². The Morgan fingerprint density at radius 2 is 2.14 bits per heavy atom. The van der Waals surface area contributed by atoms with Crippen LogP contribution in [0.5, 0.6) is 0 Å². The zero-order valence-electron chi connectivity index (χ0n) is 12.6. The SMILES string of the molecule is Cc1nc2cc(=O)[nH]n2c(C)c1CCC(=O)NC(C)C(=O)O.